The molecule has 2 heterocycles. The van der Waals surface area contributed by atoms with E-state index in [0.29, 0.717) is 0 Å². The van der Waals surface area contributed by atoms with Crippen molar-refractivity contribution in [3.63, 3.8) is 0 Å². The van der Waals surface area contributed by atoms with Gasteiger partial charge in [-0.25, -0.2) is 4.79 Å². The SMILES string of the molecule is CC1=C(/C=C/C(C)=C/C=C/C(C)=C/C=N[C@@H]2C(=O)N3[C@@H]2SC(C)(C)[C@@H]3C(=O)O)C(C)(C)CCC1. The van der Waals surface area contributed by atoms with Crippen LogP contribution in [0.3, 0.4) is 0 Å². The fourth-order valence-corrected chi connectivity index (χ4v) is 6.69. The fourth-order valence-electron chi connectivity index (χ4n) is 5.07. The van der Waals surface area contributed by atoms with Crippen LogP contribution in [0, 0.1) is 5.41 Å². The van der Waals surface area contributed by atoms with Gasteiger partial charge in [0.25, 0.3) is 5.91 Å². The standard InChI is InChI=1S/C28H38N2O3S/c1-18(13-14-21-20(3)12-9-16-27(21,4)5)10-8-11-19(2)15-17-29-22-24(31)30-23(26(32)33)28(6,7)34-25(22)30/h8,10-11,13-15,17,22-23,25H,9,12,16H2,1-7H3,(H,32,33)/b11-8+,14-13+,18-10+,19-15+,29-17?/t22-,23+,25-/m1/s1. The summed E-state index contributed by atoms with van der Waals surface area (Å²) in [7, 11) is 0. The second-order valence-corrected chi connectivity index (χ2v) is 12.6. The Kier molecular flexibility index (Phi) is 7.81. The molecule has 6 heteroatoms. The zero-order valence-corrected chi connectivity index (χ0v) is 22.3. The van der Waals surface area contributed by atoms with Gasteiger partial charge in [-0.05, 0) is 76.5 Å². The molecule has 34 heavy (non-hydrogen) atoms. The molecule has 3 atom stereocenters. The normalized spacial score (nSPS) is 29.4. The Morgan fingerprint density at radius 2 is 1.82 bits per heavy atom. The van der Waals surface area contributed by atoms with Crippen LogP contribution >= 0.6 is 11.8 Å². The highest BCUT2D eigenvalue weighted by atomic mass is 32.2. The van der Waals surface area contributed by atoms with E-state index in [4.69, 9.17) is 0 Å². The maximum Gasteiger partial charge on any atom is 0.327 e. The number of carbonyl (C=O) groups is 2. The summed E-state index contributed by atoms with van der Waals surface area (Å²) in [6.07, 6.45) is 17.8. The molecule has 1 aliphatic carbocycles. The molecule has 1 N–H and O–H groups in total. The molecule has 1 amide bonds. The Morgan fingerprint density at radius 3 is 2.47 bits per heavy atom. The Bertz CT molecular complexity index is 1030. The third-order valence-electron chi connectivity index (χ3n) is 7.00. The number of carboxylic acid groups (broad SMARTS) is 1. The summed E-state index contributed by atoms with van der Waals surface area (Å²) in [6, 6.07) is -1.30. The molecule has 0 radical (unpaired) electrons. The molecular formula is C28H38N2O3S. The Morgan fingerprint density at radius 1 is 1.15 bits per heavy atom. The van der Waals surface area contributed by atoms with Gasteiger partial charge in [0.1, 0.15) is 11.4 Å². The van der Waals surface area contributed by atoms with Gasteiger partial charge >= 0.3 is 5.97 Å². The summed E-state index contributed by atoms with van der Waals surface area (Å²) in [6.45, 7) is 14.7. The summed E-state index contributed by atoms with van der Waals surface area (Å²) < 4.78 is -0.522. The number of rotatable bonds is 7. The number of β-lactam (4-membered cyclic amide) rings is 1. The molecule has 3 aliphatic rings. The van der Waals surface area contributed by atoms with Crippen molar-refractivity contribution < 1.29 is 14.7 Å². The lowest BCUT2D eigenvalue weighted by Gasteiger charge is -2.41. The average molecular weight is 483 g/mol. The number of allylic oxidation sites excluding steroid dienone is 10. The van der Waals surface area contributed by atoms with Gasteiger partial charge in [-0.3, -0.25) is 9.79 Å². The molecule has 5 nitrogen and oxygen atoms in total. The van der Waals surface area contributed by atoms with Crippen LogP contribution in [0.2, 0.25) is 0 Å². The zero-order chi connectivity index (χ0) is 25.3. The number of thioether (sulfide) groups is 1. The Balaban J connectivity index is 1.57. The molecule has 0 aromatic rings. The van der Waals surface area contributed by atoms with E-state index < -0.39 is 22.8 Å². The van der Waals surface area contributed by atoms with Crippen molar-refractivity contribution in [2.24, 2.45) is 10.4 Å². The van der Waals surface area contributed by atoms with E-state index in [1.165, 1.54) is 52.6 Å². The minimum atomic E-state index is -0.954. The van der Waals surface area contributed by atoms with Crippen molar-refractivity contribution in [1.82, 2.24) is 4.90 Å². The lowest BCUT2D eigenvalue weighted by molar-refractivity contribution is -0.158. The van der Waals surface area contributed by atoms with E-state index in [1.54, 1.807) is 6.21 Å². The summed E-state index contributed by atoms with van der Waals surface area (Å²) in [4.78, 5) is 30.0. The van der Waals surface area contributed by atoms with Crippen LogP contribution < -0.4 is 0 Å². The first-order valence-corrected chi connectivity index (χ1v) is 12.9. The second kappa shape index (κ2) is 10.1. The van der Waals surface area contributed by atoms with E-state index in [2.05, 4.69) is 50.9 Å². The highest BCUT2D eigenvalue weighted by Gasteiger charge is 2.63. The van der Waals surface area contributed by atoms with Gasteiger partial charge < -0.3 is 10.0 Å². The minimum absolute atomic E-state index is 0.200. The largest absolute Gasteiger partial charge is 0.480 e. The molecule has 3 rings (SSSR count). The van der Waals surface area contributed by atoms with E-state index in [1.807, 2.05) is 39.0 Å². The quantitative estimate of drug-likeness (QED) is 0.270. The number of fused-ring (bicyclic) bond motifs is 1. The summed E-state index contributed by atoms with van der Waals surface area (Å²) in [5.41, 5.74) is 5.42. The average Bonchev–Trinajstić information content (AvgIpc) is 2.98. The highest BCUT2D eigenvalue weighted by molar-refractivity contribution is 8.01. The molecule has 0 aromatic heterocycles. The molecule has 0 unspecified atom stereocenters. The van der Waals surface area contributed by atoms with Gasteiger partial charge in [-0.15, -0.1) is 11.8 Å². The smallest absolute Gasteiger partial charge is 0.327 e. The number of hydrogen-bond acceptors (Lipinski definition) is 4. The van der Waals surface area contributed by atoms with Crippen molar-refractivity contribution in [2.45, 2.75) is 89.9 Å². The van der Waals surface area contributed by atoms with Crippen LogP contribution in [0.15, 0.2) is 63.7 Å². The predicted octanol–water partition coefficient (Wildman–Crippen LogP) is 6.10. The van der Waals surface area contributed by atoms with Crippen LogP contribution in [-0.2, 0) is 9.59 Å². The zero-order valence-electron chi connectivity index (χ0n) is 21.5. The van der Waals surface area contributed by atoms with Crippen molar-refractivity contribution in [3.8, 4) is 0 Å². The predicted molar refractivity (Wildman–Crippen MR) is 142 cm³/mol. The first kappa shape index (κ1) is 26.3. The number of aliphatic imine (C=N–C) groups is 1. The molecule has 2 fully saturated rings. The topological polar surface area (TPSA) is 70.0 Å². The van der Waals surface area contributed by atoms with Crippen molar-refractivity contribution in [1.29, 1.82) is 0 Å². The molecule has 184 valence electrons. The van der Waals surface area contributed by atoms with Gasteiger partial charge in [0.2, 0.25) is 0 Å². The number of carbonyl (C=O) groups excluding carboxylic acids is 1. The van der Waals surface area contributed by atoms with Gasteiger partial charge in [0.15, 0.2) is 6.04 Å². The van der Waals surface area contributed by atoms with E-state index in [0.717, 1.165) is 5.57 Å². The van der Waals surface area contributed by atoms with Crippen LogP contribution in [0.1, 0.15) is 67.7 Å². The molecule has 0 saturated carbocycles. The maximum absolute atomic E-state index is 12.5. The third-order valence-corrected chi connectivity index (χ3v) is 8.56. The van der Waals surface area contributed by atoms with Gasteiger partial charge in [0.05, 0.1) is 0 Å². The molecule has 0 bridgehead atoms. The molecule has 2 saturated heterocycles. The van der Waals surface area contributed by atoms with Crippen LogP contribution in [0.5, 0.6) is 0 Å². The summed E-state index contributed by atoms with van der Waals surface area (Å²) in [5.74, 6) is -1.16. The molecule has 2 aliphatic heterocycles. The van der Waals surface area contributed by atoms with E-state index in [9.17, 15) is 14.7 Å². The lowest BCUT2D eigenvalue weighted by Crippen LogP contribution is -2.64. The van der Waals surface area contributed by atoms with Crippen LogP contribution in [-0.4, -0.2) is 50.3 Å². The Hall–Kier alpha value is -2.34. The van der Waals surface area contributed by atoms with Crippen molar-refractivity contribution >= 4 is 29.9 Å². The van der Waals surface area contributed by atoms with E-state index >= 15 is 0 Å². The van der Waals surface area contributed by atoms with Crippen molar-refractivity contribution in [3.05, 3.63) is 58.7 Å². The number of nitrogens with zero attached hydrogens (tertiary/aromatic N) is 2. The monoisotopic (exact) mass is 482 g/mol. The van der Waals surface area contributed by atoms with Crippen LogP contribution in [0.4, 0.5) is 0 Å². The first-order chi connectivity index (χ1) is 15.8. The number of carboxylic acids is 1. The second-order valence-electron chi connectivity index (χ2n) is 10.8. The summed E-state index contributed by atoms with van der Waals surface area (Å²) in [5, 5.41) is 9.31. The molecular weight excluding hydrogens is 444 g/mol. The van der Waals surface area contributed by atoms with Crippen LogP contribution in [0.25, 0.3) is 0 Å². The maximum atomic E-state index is 12.5. The number of hydrogen-bond donors (Lipinski definition) is 1. The number of aliphatic carboxylic acids is 1. The minimum Gasteiger partial charge on any atom is -0.480 e. The van der Waals surface area contributed by atoms with Crippen molar-refractivity contribution in [2.75, 3.05) is 0 Å². The fraction of sp³-hybridized carbons (Fsp3) is 0.536. The van der Waals surface area contributed by atoms with Gasteiger partial charge in [-0.2, -0.15) is 0 Å². The summed E-state index contributed by atoms with van der Waals surface area (Å²) >= 11 is 1.51. The first-order valence-electron chi connectivity index (χ1n) is 12.0. The molecule has 0 spiro atoms. The Labute approximate surface area is 208 Å². The highest BCUT2D eigenvalue weighted by Crippen LogP contribution is 2.51. The van der Waals surface area contributed by atoms with E-state index in [-0.39, 0.29) is 16.7 Å². The lowest BCUT2D eigenvalue weighted by atomic mass is 9.72. The molecule has 0 aromatic carbocycles. The van der Waals surface area contributed by atoms with Gasteiger partial charge in [-0.1, -0.05) is 55.4 Å². The number of amides is 1. The van der Waals surface area contributed by atoms with Gasteiger partial charge in [0, 0.05) is 11.0 Å². The third kappa shape index (κ3) is 5.48.